The number of nitrogens with one attached hydrogen (secondary N) is 2. The van der Waals surface area contributed by atoms with E-state index in [1.807, 2.05) is 0 Å². The van der Waals surface area contributed by atoms with Gasteiger partial charge in [0, 0.05) is 17.8 Å². The summed E-state index contributed by atoms with van der Waals surface area (Å²) in [5, 5.41) is 24.8. The first-order valence-electron chi connectivity index (χ1n) is 8.54. The standard InChI is InChI=1S/C20H18N2O6/c23-15-11-14(18(25)26)16(24)17(21-12-7-3-1-4-8-12)20(15,19(27)28)22-13-9-5-2-6-10-13/h1-10,14,17,21-22H,11H2,(H,25,26)(H,27,28). The van der Waals surface area contributed by atoms with Crippen LogP contribution in [0.5, 0.6) is 0 Å². The number of carbonyl (C=O) groups excluding carboxylic acids is 2. The lowest BCUT2D eigenvalue weighted by atomic mass is 9.70. The summed E-state index contributed by atoms with van der Waals surface area (Å²) in [4.78, 5) is 49.6. The zero-order valence-corrected chi connectivity index (χ0v) is 14.7. The molecule has 2 aromatic carbocycles. The fraction of sp³-hybridized carbons (Fsp3) is 0.200. The predicted octanol–water partition coefficient (Wildman–Crippen LogP) is 1.65. The maximum Gasteiger partial charge on any atom is 0.339 e. The van der Waals surface area contributed by atoms with Crippen LogP contribution in [0.3, 0.4) is 0 Å². The van der Waals surface area contributed by atoms with Crippen molar-refractivity contribution in [1.82, 2.24) is 0 Å². The first-order valence-corrected chi connectivity index (χ1v) is 8.54. The summed E-state index contributed by atoms with van der Waals surface area (Å²) >= 11 is 0. The van der Waals surface area contributed by atoms with E-state index in [2.05, 4.69) is 10.6 Å². The minimum absolute atomic E-state index is 0.319. The molecule has 1 aliphatic rings. The first kappa shape index (κ1) is 19.1. The van der Waals surface area contributed by atoms with Gasteiger partial charge < -0.3 is 20.8 Å². The summed E-state index contributed by atoms with van der Waals surface area (Å²) in [6.07, 6.45) is -0.701. The van der Waals surface area contributed by atoms with E-state index >= 15 is 0 Å². The molecule has 0 radical (unpaired) electrons. The smallest absolute Gasteiger partial charge is 0.339 e. The Morgan fingerprint density at radius 2 is 1.43 bits per heavy atom. The van der Waals surface area contributed by atoms with Crippen LogP contribution in [0, 0.1) is 5.92 Å². The third-order valence-electron chi connectivity index (χ3n) is 4.73. The third kappa shape index (κ3) is 3.32. The minimum atomic E-state index is -2.35. The molecule has 3 atom stereocenters. The van der Waals surface area contributed by atoms with Gasteiger partial charge in [-0.3, -0.25) is 14.4 Å². The monoisotopic (exact) mass is 382 g/mol. The lowest BCUT2D eigenvalue weighted by Crippen LogP contribution is -2.71. The summed E-state index contributed by atoms with van der Waals surface area (Å²) in [7, 11) is 0. The maximum absolute atomic E-state index is 12.9. The van der Waals surface area contributed by atoms with E-state index in [1.54, 1.807) is 60.7 Å². The number of Topliss-reactive ketones (excluding diaryl/α,β-unsaturated/α-hetero) is 2. The van der Waals surface area contributed by atoms with Gasteiger partial charge in [0.25, 0.3) is 0 Å². The average molecular weight is 382 g/mol. The highest BCUT2D eigenvalue weighted by Crippen LogP contribution is 2.33. The van der Waals surface area contributed by atoms with Crippen molar-refractivity contribution >= 4 is 34.9 Å². The summed E-state index contributed by atoms with van der Waals surface area (Å²) < 4.78 is 0. The van der Waals surface area contributed by atoms with Gasteiger partial charge in [-0.2, -0.15) is 0 Å². The van der Waals surface area contributed by atoms with Crippen LogP contribution in [0.2, 0.25) is 0 Å². The van der Waals surface area contributed by atoms with Gasteiger partial charge in [0.05, 0.1) is 0 Å². The molecule has 8 nitrogen and oxygen atoms in total. The van der Waals surface area contributed by atoms with Crippen LogP contribution in [-0.4, -0.2) is 45.3 Å². The number of para-hydroxylation sites is 2. The van der Waals surface area contributed by atoms with Gasteiger partial charge in [0.2, 0.25) is 5.54 Å². The summed E-state index contributed by atoms with van der Waals surface area (Å²) in [6, 6.07) is 14.8. The molecule has 0 bridgehead atoms. The van der Waals surface area contributed by atoms with E-state index < -0.39 is 47.4 Å². The van der Waals surface area contributed by atoms with Gasteiger partial charge >= 0.3 is 11.9 Å². The Morgan fingerprint density at radius 3 is 1.93 bits per heavy atom. The molecule has 0 aromatic heterocycles. The molecule has 8 heteroatoms. The number of carboxylic acids is 2. The predicted molar refractivity (Wildman–Crippen MR) is 100 cm³/mol. The number of carboxylic acid groups (broad SMARTS) is 2. The quantitative estimate of drug-likeness (QED) is 0.554. The topological polar surface area (TPSA) is 133 Å². The van der Waals surface area contributed by atoms with Gasteiger partial charge in [-0.05, 0) is 24.3 Å². The molecular weight excluding hydrogens is 364 g/mol. The molecule has 1 fully saturated rings. The fourth-order valence-electron chi connectivity index (χ4n) is 3.30. The van der Waals surface area contributed by atoms with E-state index in [0.717, 1.165) is 0 Å². The Bertz CT molecular complexity index is 913. The second-order valence-corrected chi connectivity index (χ2v) is 6.47. The van der Waals surface area contributed by atoms with Gasteiger partial charge in [-0.1, -0.05) is 36.4 Å². The summed E-state index contributed by atoms with van der Waals surface area (Å²) in [5.74, 6) is -6.39. The number of carbonyl (C=O) groups is 4. The van der Waals surface area contributed by atoms with E-state index in [1.165, 1.54) is 0 Å². The van der Waals surface area contributed by atoms with Crippen molar-refractivity contribution in [1.29, 1.82) is 0 Å². The van der Waals surface area contributed by atoms with E-state index in [-0.39, 0.29) is 0 Å². The van der Waals surface area contributed by atoms with Gasteiger partial charge in [0.15, 0.2) is 11.6 Å². The van der Waals surface area contributed by atoms with Crippen LogP contribution in [-0.2, 0) is 19.2 Å². The van der Waals surface area contributed by atoms with Crippen LogP contribution in [0.1, 0.15) is 6.42 Å². The Morgan fingerprint density at radius 1 is 0.893 bits per heavy atom. The van der Waals surface area contributed by atoms with Crippen molar-refractivity contribution in [3.63, 3.8) is 0 Å². The van der Waals surface area contributed by atoms with E-state index in [0.29, 0.717) is 11.4 Å². The highest BCUT2D eigenvalue weighted by atomic mass is 16.4. The van der Waals surface area contributed by atoms with Crippen molar-refractivity contribution in [2.45, 2.75) is 18.0 Å². The molecule has 1 saturated carbocycles. The molecule has 0 heterocycles. The number of benzene rings is 2. The molecule has 144 valence electrons. The second kappa shape index (κ2) is 7.51. The van der Waals surface area contributed by atoms with Crippen LogP contribution in [0.25, 0.3) is 0 Å². The zero-order chi connectivity index (χ0) is 20.3. The van der Waals surface area contributed by atoms with Gasteiger partial charge in [-0.25, -0.2) is 4.79 Å². The molecule has 3 rings (SSSR count). The number of hydrogen-bond acceptors (Lipinski definition) is 6. The molecule has 2 aromatic rings. The number of hydrogen-bond donors (Lipinski definition) is 4. The molecule has 1 aliphatic carbocycles. The summed E-state index contributed by atoms with van der Waals surface area (Å²) in [5.41, 5.74) is -1.64. The largest absolute Gasteiger partial charge is 0.481 e. The van der Waals surface area contributed by atoms with Gasteiger partial charge in [-0.15, -0.1) is 0 Å². The Labute approximate surface area is 160 Å². The highest BCUT2D eigenvalue weighted by molar-refractivity contribution is 6.23. The Kier molecular flexibility index (Phi) is 5.12. The highest BCUT2D eigenvalue weighted by Gasteiger charge is 2.61. The number of anilines is 2. The van der Waals surface area contributed by atoms with E-state index in [9.17, 15) is 29.4 Å². The lowest BCUT2D eigenvalue weighted by molar-refractivity contribution is -0.159. The SMILES string of the molecule is O=C(O)C1CC(=O)C(Nc2ccccc2)(C(=O)O)C(Nc2ccccc2)C1=O. The molecule has 0 aliphatic heterocycles. The van der Waals surface area contributed by atoms with Crippen LogP contribution >= 0.6 is 0 Å². The van der Waals surface area contributed by atoms with Crippen molar-refractivity contribution < 1.29 is 29.4 Å². The molecule has 3 unspecified atom stereocenters. The normalized spacial score (nSPS) is 24.4. The fourth-order valence-corrected chi connectivity index (χ4v) is 3.30. The number of ketones is 2. The maximum atomic E-state index is 12.9. The van der Waals surface area contributed by atoms with Crippen LogP contribution < -0.4 is 10.6 Å². The second-order valence-electron chi connectivity index (χ2n) is 6.47. The van der Waals surface area contributed by atoms with Crippen molar-refractivity contribution in [2.75, 3.05) is 10.6 Å². The molecule has 0 saturated heterocycles. The molecule has 28 heavy (non-hydrogen) atoms. The van der Waals surface area contributed by atoms with Crippen LogP contribution in [0.15, 0.2) is 60.7 Å². The lowest BCUT2D eigenvalue weighted by Gasteiger charge is -2.41. The number of rotatable bonds is 6. The van der Waals surface area contributed by atoms with E-state index in [4.69, 9.17) is 0 Å². The van der Waals surface area contributed by atoms with Crippen molar-refractivity contribution in [3.05, 3.63) is 60.7 Å². The Hall–Kier alpha value is -3.68. The van der Waals surface area contributed by atoms with Crippen molar-refractivity contribution in [2.24, 2.45) is 5.92 Å². The zero-order valence-electron chi connectivity index (χ0n) is 14.7. The molecular formula is C20H18N2O6. The number of aliphatic carboxylic acids is 2. The Balaban J connectivity index is 2.11. The van der Waals surface area contributed by atoms with Crippen molar-refractivity contribution in [3.8, 4) is 0 Å². The third-order valence-corrected chi connectivity index (χ3v) is 4.73. The minimum Gasteiger partial charge on any atom is -0.481 e. The van der Waals surface area contributed by atoms with Gasteiger partial charge in [0.1, 0.15) is 12.0 Å². The average Bonchev–Trinajstić information content (AvgIpc) is 2.68. The molecule has 0 amide bonds. The first-order chi connectivity index (χ1) is 13.4. The molecule has 0 spiro atoms. The molecule has 4 N–H and O–H groups in total. The van der Waals surface area contributed by atoms with Crippen LogP contribution in [0.4, 0.5) is 11.4 Å². The summed E-state index contributed by atoms with van der Waals surface area (Å²) in [6.45, 7) is 0.